The lowest BCUT2D eigenvalue weighted by molar-refractivity contribution is 0.262. The number of anilines is 2. The summed E-state index contributed by atoms with van der Waals surface area (Å²) in [6, 6.07) is 9.37. The van der Waals surface area contributed by atoms with E-state index in [2.05, 4.69) is 15.6 Å². The molecule has 2 aromatic carbocycles. The van der Waals surface area contributed by atoms with Crippen LogP contribution in [-0.4, -0.2) is 11.0 Å². The van der Waals surface area contributed by atoms with Crippen LogP contribution in [0.4, 0.5) is 24.3 Å². The SMILES string of the molecule is Cc1nc(-c2ccccc2Cl)c(NC(=O)Nc2ccc(F)cc2F)s1. The Balaban J connectivity index is 1.84. The molecule has 1 aromatic heterocycles. The molecule has 0 spiro atoms. The molecular formula is C17H12ClF2N3OS. The van der Waals surface area contributed by atoms with E-state index in [0.717, 1.165) is 17.1 Å². The lowest BCUT2D eigenvalue weighted by Crippen LogP contribution is -2.20. The Morgan fingerprint density at radius 3 is 2.64 bits per heavy atom. The van der Waals surface area contributed by atoms with Crippen LogP contribution in [0.25, 0.3) is 11.3 Å². The van der Waals surface area contributed by atoms with Crippen molar-refractivity contribution in [3.05, 3.63) is 64.1 Å². The first-order chi connectivity index (χ1) is 11.9. The van der Waals surface area contributed by atoms with Gasteiger partial charge >= 0.3 is 6.03 Å². The van der Waals surface area contributed by atoms with E-state index in [1.54, 1.807) is 25.1 Å². The van der Waals surface area contributed by atoms with Gasteiger partial charge in [0.25, 0.3) is 0 Å². The third-order valence-corrected chi connectivity index (χ3v) is 4.49. The Morgan fingerprint density at radius 2 is 1.92 bits per heavy atom. The number of rotatable bonds is 3. The second kappa shape index (κ2) is 7.16. The van der Waals surface area contributed by atoms with Crippen molar-refractivity contribution in [3.63, 3.8) is 0 Å². The van der Waals surface area contributed by atoms with Crippen molar-refractivity contribution in [3.8, 4) is 11.3 Å². The number of carbonyl (C=O) groups excluding carboxylic acids is 1. The molecule has 0 aliphatic rings. The monoisotopic (exact) mass is 379 g/mol. The summed E-state index contributed by atoms with van der Waals surface area (Å²) in [6.07, 6.45) is 0. The molecule has 0 bridgehead atoms. The maximum absolute atomic E-state index is 13.6. The van der Waals surface area contributed by atoms with E-state index in [4.69, 9.17) is 11.6 Å². The number of thiazole rings is 1. The van der Waals surface area contributed by atoms with Gasteiger partial charge in [-0.2, -0.15) is 0 Å². The highest BCUT2D eigenvalue weighted by Crippen LogP contribution is 2.36. The average molecular weight is 380 g/mol. The predicted molar refractivity (Wildman–Crippen MR) is 96.3 cm³/mol. The zero-order valence-electron chi connectivity index (χ0n) is 12.9. The van der Waals surface area contributed by atoms with Crippen LogP contribution in [0.15, 0.2) is 42.5 Å². The highest BCUT2D eigenvalue weighted by atomic mass is 35.5. The summed E-state index contributed by atoms with van der Waals surface area (Å²) in [6.45, 7) is 1.80. The van der Waals surface area contributed by atoms with Crippen molar-refractivity contribution in [1.82, 2.24) is 4.98 Å². The number of nitrogens with one attached hydrogen (secondary N) is 2. The van der Waals surface area contributed by atoms with E-state index in [0.29, 0.717) is 27.3 Å². The lowest BCUT2D eigenvalue weighted by Gasteiger charge is -2.09. The van der Waals surface area contributed by atoms with Crippen molar-refractivity contribution in [2.45, 2.75) is 6.92 Å². The molecule has 0 saturated carbocycles. The first-order valence-electron chi connectivity index (χ1n) is 7.19. The number of hydrogen-bond donors (Lipinski definition) is 2. The van der Waals surface area contributed by atoms with Gasteiger partial charge in [-0.15, -0.1) is 11.3 Å². The summed E-state index contributed by atoms with van der Waals surface area (Å²) >= 11 is 7.46. The van der Waals surface area contributed by atoms with Crippen LogP contribution in [-0.2, 0) is 0 Å². The number of carbonyl (C=O) groups is 1. The molecule has 0 saturated heterocycles. The molecule has 2 N–H and O–H groups in total. The Bertz CT molecular complexity index is 945. The van der Waals surface area contributed by atoms with Gasteiger partial charge in [0, 0.05) is 11.6 Å². The van der Waals surface area contributed by atoms with Crippen molar-refractivity contribution in [1.29, 1.82) is 0 Å². The van der Waals surface area contributed by atoms with E-state index in [-0.39, 0.29) is 5.69 Å². The van der Waals surface area contributed by atoms with Crippen molar-refractivity contribution >= 4 is 39.7 Å². The first-order valence-corrected chi connectivity index (χ1v) is 8.39. The van der Waals surface area contributed by atoms with Gasteiger partial charge in [-0.05, 0) is 25.1 Å². The van der Waals surface area contributed by atoms with Gasteiger partial charge < -0.3 is 5.32 Å². The number of halogens is 3. The fourth-order valence-corrected chi connectivity index (χ4v) is 3.25. The summed E-state index contributed by atoms with van der Waals surface area (Å²) in [7, 11) is 0. The van der Waals surface area contributed by atoms with Crippen LogP contribution in [0.1, 0.15) is 5.01 Å². The fourth-order valence-electron chi connectivity index (χ4n) is 2.20. The molecule has 3 aromatic rings. The quantitative estimate of drug-likeness (QED) is 0.613. The van der Waals surface area contributed by atoms with E-state index in [1.807, 2.05) is 6.07 Å². The minimum atomic E-state index is -0.859. The third kappa shape index (κ3) is 3.94. The van der Waals surface area contributed by atoms with Crippen LogP contribution < -0.4 is 10.6 Å². The smallest absolute Gasteiger partial charge is 0.305 e. The molecule has 0 fully saturated rings. The highest BCUT2D eigenvalue weighted by molar-refractivity contribution is 7.16. The Morgan fingerprint density at radius 1 is 1.16 bits per heavy atom. The number of aromatic nitrogens is 1. The van der Waals surface area contributed by atoms with E-state index >= 15 is 0 Å². The maximum Gasteiger partial charge on any atom is 0.324 e. The van der Waals surface area contributed by atoms with Crippen molar-refractivity contribution < 1.29 is 13.6 Å². The maximum atomic E-state index is 13.6. The van der Waals surface area contributed by atoms with Crippen LogP contribution in [0.5, 0.6) is 0 Å². The molecule has 0 aliphatic heterocycles. The van der Waals surface area contributed by atoms with Gasteiger partial charge in [0.05, 0.1) is 15.7 Å². The number of urea groups is 1. The molecule has 0 aliphatic carbocycles. The van der Waals surface area contributed by atoms with Gasteiger partial charge in [0.15, 0.2) is 0 Å². The van der Waals surface area contributed by atoms with Gasteiger partial charge in [-0.25, -0.2) is 18.6 Å². The highest BCUT2D eigenvalue weighted by Gasteiger charge is 2.17. The summed E-state index contributed by atoms with van der Waals surface area (Å²) in [5.74, 6) is -1.58. The molecule has 128 valence electrons. The molecule has 4 nitrogen and oxygen atoms in total. The van der Waals surface area contributed by atoms with Crippen LogP contribution in [0, 0.1) is 18.6 Å². The Labute approximate surface area is 151 Å². The van der Waals surface area contributed by atoms with Crippen LogP contribution in [0.2, 0.25) is 5.02 Å². The summed E-state index contributed by atoms with van der Waals surface area (Å²) in [5, 5.41) is 6.69. The van der Waals surface area contributed by atoms with Gasteiger partial charge in [-0.3, -0.25) is 5.32 Å². The second-order valence-electron chi connectivity index (χ2n) is 5.09. The van der Waals surface area contributed by atoms with Crippen LogP contribution in [0.3, 0.4) is 0 Å². The number of aryl methyl sites for hydroxylation is 1. The van der Waals surface area contributed by atoms with Crippen molar-refractivity contribution in [2.75, 3.05) is 10.6 Å². The molecule has 3 rings (SSSR count). The van der Waals surface area contributed by atoms with E-state index in [1.165, 1.54) is 11.3 Å². The third-order valence-electron chi connectivity index (χ3n) is 3.27. The second-order valence-corrected chi connectivity index (χ2v) is 6.70. The normalized spacial score (nSPS) is 10.6. The zero-order valence-corrected chi connectivity index (χ0v) is 14.5. The fraction of sp³-hybridized carbons (Fsp3) is 0.0588. The largest absolute Gasteiger partial charge is 0.324 e. The molecule has 2 amide bonds. The summed E-state index contributed by atoms with van der Waals surface area (Å²) in [4.78, 5) is 16.6. The number of amides is 2. The van der Waals surface area contributed by atoms with Gasteiger partial charge in [0.2, 0.25) is 0 Å². The van der Waals surface area contributed by atoms with Gasteiger partial charge in [0.1, 0.15) is 22.3 Å². The number of nitrogens with zero attached hydrogens (tertiary/aromatic N) is 1. The molecule has 0 unspecified atom stereocenters. The molecule has 0 atom stereocenters. The van der Waals surface area contributed by atoms with Crippen molar-refractivity contribution in [2.24, 2.45) is 0 Å². The summed E-state index contributed by atoms with van der Waals surface area (Å²) < 4.78 is 26.6. The number of hydrogen-bond acceptors (Lipinski definition) is 3. The van der Waals surface area contributed by atoms with Crippen LogP contribution >= 0.6 is 22.9 Å². The summed E-state index contributed by atoms with van der Waals surface area (Å²) in [5.41, 5.74) is 1.08. The molecule has 25 heavy (non-hydrogen) atoms. The average Bonchev–Trinajstić information content (AvgIpc) is 2.91. The van der Waals surface area contributed by atoms with Gasteiger partial charge in [-0.1, -0.05) is 29.8 Å². The molecule has 8 heteroatoms. The lowest BCUT2D eigenvalue weighted by atomic mass is 10.1. The minimum Gasteiger partial charge on any atom is -0.305 e. The van der Waals surface area contributed by atoms with E-state index in [9.17, 15) is 13.6 Å². The molecule has 0 radical (unpaired) electrons. The van der Waals surface area contributed by atoms with E-state index < -0.39 is 17.7 Å². The zero-order chi connectivity index (χ0) is 18.0. The number of benzene rings is 2. The first kappa shape index (κ1) is 17.3. The standard InChI is InChI=1S/C17H12ClF2N3OS/c1-9-21-15(11-4-2-3-5-12(11)18)16(25-9)23-17(24)22-14-7-6-10(19)8-13(14)20/h2-8H,1H3,(H2,22,23,24). The Hall–Kier alpha value is -2.51. The predicted octanol–water partition coefficient (Wildman–Crippen LogP) is 5.69. The topological polar surface area (TPSA) is 54.0 Å². The minimum absolute atomic E-state index is 0.126. The Kier molecular flexibility index (Phi) is 4.96. The molecular weight excluding hydrogens is 368 g/mol. The molecule has 1 heterocycles.